The van der Waals surface area contributed by atoms with E-state index in [-0.39, 0.29) is 6.61 Å². The predicted octanol–water partition coefficient (Wildman–Crippen LogP) is 1.45. The average molecular weight is 277 g/mol. The van der Waals surface area contributed by atoms with E-state index >= 15 is 0 Å². The lowest BCUT2D eigenvalue weighted by molar-refractivity contribution is -0.119. The molecule has 0 spiro atoms. The van der Waals surface area contributed by atoms with Crippen molar-refractivity contribution >= 4 is 11.6 Å². The lowest BCUT2D eigenvalue weighted by atomic mass is 10.2. The smallest absolute Gasteiger partial charge is 0.255 e. The van der Waals surface area contributed by atoms with Crippen LogP contribution in [0.5, 0.6) is 5.75 Å². The van der Waals surface area contributed by atoms with E-state index in [0.29, 0.717) is 17.8 Å². The summed E-state index contributed by atoms with van der Waals surface area (Å²) in [5, 5.41) is 3.52. The second-order valence-electron chi connectivity index (χ2n) is 5.50. The molecule has 1 fully saturated rings. The third kappa shape index (κ3) is 4.13. The first-order valence-electron chi connectivity index (χ1n) is 7.06. The van der Waals surface area contributed by atoms with Crippen LogP contribution >= 0.6 is 0 Å². The average Bonchev–Trinajstić information content (AvgIpc) is 2.85. The Balaban J connectivity index is 1.90. The number of benzene rings is 1. The number of nitrogens with two attached hydrogens (primary N) is 1. The fourth-order valence-corrected chi connectivity index (χ4v) is 2.44. The second-order valence-corrected chi connectivity index (χ2v) is 5.50. The molecule has 1 saturated heterocycles. The van der Waals surface area contributed by atoms with Crippen molar-refractivity contribution in [2.45, 2.75) is 32.4 Å². The van der Waals surface area contributed by atoms with Crippen LogP contribution < -0.4 is 15.8 Å². The van der Waals surface area contributed by atoms with Gasteiger partial charge in [-0.3, -0.25) is 9.69 Å². The molecule has 1 aromatic rings. The standard InChI is InChI=1S/C15H23N3O2/c1-11(2)18-7-6-13(9-18)17-12-4-3-5-14(8-12)20-10-15(16)19/h3-5,8,11,13,17H,6-7,9-10H2,1-2H3,(H2,16,19). The number of carbonyl (C=O) groups excluding carboxylic acids is 1. The molecule has 1 amide bonds. The van der Waals surface area contributed by atoms with Crippen LogP contribution in [0, 0.1) is 0 Å². The fourth-order valence-electron chi connectivity index (χ4n) is 2.44. The van der Waals surface area contributed by atoms with Crippen molar-refractivity contribution in [1.29, 1.82) is 0 Å². The van der Waals surface area contributed by atoms with Crippen LogP contribution in [0.25, 0.3) is 0 Å². The quantitative estimate of drug-likeness (QED) is 0.826. The Labute approximate surface area is 120 Å². The molecular formula is C15H23N3O2. The van der Waals surface area contributed by atoms with Gasteiger partial charge in [-0.1, -0.05) is 6.07 Å². The molecule has 5 heteroatoms. The number of rotatable bonds is 6. The molecule has 1 aliphatic heterocycles. The maximum Gasteiger partial charge on any atom is 0.255 e. The van der Waals surface area contributed by atoms with E-state index in [9.17, 15) is 4.79 Å². The number of anilines is 1. The van der Waals surface area contributed by atoms with Crippen LogP contribution in [0.2, 0.25) is 0 Å². The summed E-state index contributed by atoms with van der Waals surface area (Å²) in [6, 6.07) is 8.70. The molecule has 20 heavy (non-hydrogen) atoms. The van der Waals surface area contributed by atoms with Gasteiger partial charge in [0.15, 0.2) is 6.61 Å². The molecule has 1 atom stereocenters. The van der Waals surface area contributed by atoms with Crippen LogP contribution in [-0.2, 0) is 4.79 Å². The summed E-state index contributed by atoms with van der Waals surface area (Å²) in [7, 11) is 0. The Bertz CT molecular complexity index is 462. The normalized spacial score (nSPS) is 19.2. The Hall–Kier alpha value is -1.75. The van der Waals surface area contributed by atoms with Crippen molar-refractivity contribution < 1.29 is 9.53 Å². The highest BCUT2D eigenvalue weighted by atomic mass is 16.5. The molecule has 1 aliphatic rings. The molecule has 110 valence electrons. The minimum absolute atomic E-state index is 0.0893. The van der Waals surface area contributed by atoms with Crippen molar-refractivity contribution in [3.05, 3.63) is 24.3 Å². The van der Waals surface area contributed by atoms with E-state index in [1.807, 2.05) is 24.3 Å². The molecule has 3 N–H and O–H groups in total. The summed E-state index contributed by atoms with van der Waals surface area (Å²) < 4.78 is 5.31. The van der Waals surface area contributed by atoms with Gasteiger partial charge in [0.1, 0.15) is 5.75 Å². The zero-order valence-electron chi connectivity index (χ0n) is 12.1. The van der Waals surface area contributed by atoms with Crippen LogP contribution in [0.4, 0.5) is 5.69 Å². The van der Waals surface area contributed by atoms with Gasteiger partial charge in [-0.05, 0) is 32.4 Å². The van der Waals surface area contributed by atoms with Crippen molar-refractivity contribution in [3.8, 4) is 5.75 Å². The number of nitrogens with zero attached hydrogens (tertiary/aromatic N) is 1. The number of primary amides is 1. The summed E-state index contributed by atoms with van der Waals surface area (Å²) in [5.74, 6) is 0.194. The van der Waals surface area contributed by atoms with E-state index in [4.69, 9.17) is 10.5 Å². The van der Waals surface area contributed by atoms with Crippen LogP contribution in [0.3, 0.4) is 0 Å². The second kappa shape index (κ2) is 6.61. The molecule has 0 bridgehead atoms. The highest BCUT2D eigenvalue weighted by Crippen LogP contribution is 2.21. The zero-order chi connectivity index (χ0) is 14.5. The molecule has 0 aliphatic carbocycles. The minimum Gasteiger partial charge on any atom is -0.484 e. The number of hydrogen-bond donors (Lipinski definition) is 2. The summed E-state index contributed by atoms with van der Waals surface area (Å²) in [6.45, 7) is 6.55. The number of nitrogens with one attached hydrogen (secondary N) is 1. The van der Waals surface area contributed by atoms with Crippen LogP contribution in [-0.4, -0.2) is 42.6 Å². The highest BCUT2D eigenvalue weighted by Gasteiger charge is 2.23. The van der Waals surface area contributed by atoms with Crippen molar-refractivity contribution in [2.75, 3.05) is 25.0 Å². The molecule has 2 rings (SSSR count). The number of hydrogen-bond acceptors (Lipinski definition) is 4. The Morgan fingerprint density at radius 1 is 1.55 bits per heavy atom. The van der Waals surface area contributed by atoms with E-state index in [1.165, 1.54) is 0 Å². The predicted molar refractivity (Wildman–Crippen MR) is 79.9 cm³/mol. The van der Waals surface area contributed by atoms with E-state index in [1.54, 1.807) is 0 Å². The van der Waals surface area contributed by atoms with Crippen molar-refractivity contribution in [2.24, 2.45) is 5.73 Å². The molecular weight excluding hydrogens is 254 g/mol. The third-order valence-corrected chi connectivity index (χ3v) is 3.54. The first-order chi connectivity index (χ1) is 9.54. The Morgan fingerprint density at radius 3 is 3.00 bits per heavy atom. The van der Waals surface area contributed by atoms with Gasteiger partial charge < -0.3 is 15.8 Å². The monoisotopic (exact) mass is 277 g/mol. The lowest BCUT2D eigenvalue weighted by Gasteiger charge is -2.21. The largest absolute Gasteiger partial charge is 0.484 e. The summed E-state index contributed by atoms with van der Waals surface area (Å²) in [4.78, 5) is 13.2. The molecule has 0 radical (unpaired) electrons. The Morgan fingerprint density at radius 2 is 2.35 bits per heavy atom. The zero-order valence-corrected chi connectivity index (χ0v) is 12.1. The SMILES string of the molecule is CC(C)N1CCC(Nc2cccc(OCC(N)=O)c2)C1. The van der Waals surface area contributed by atoms with Gasteiger partial charge in [-0.2, -0.15) is 0 Å². The van der Waals surface area contributed by atoms with E-state index in [2.05, 4.69) is 24.1 Å². The number of carbonyl (C=O) groups is 1. The van der Waals surface area contributed by atoms with Gasteiger partial charge in [0, 0.05) is 36.9 Å². The van der Waals surface area contributed by atoms with Crippen LogP contribution in [0.1, 0.15) is 20.3 Å². The minimum atomic E-state index is -0.466. The first kappa shape index (κ1) is 14.7. The topological polar surface area (TPSA) is 67.6 Å². The molecule has 5 nitrogen and oxygen atoms in total. The van der Waals surface area contributed by atoms with Gasteiger partial charge in [0.2, 0.25) is 0 Å². The van der Waals surface area contributed by atoms with Crippen molar-refractivity contribution in [3.63, 3.8) is 0 Å². The summed E-state index contributed by atoms with van der Waals surface area (Å²) >= 11 is 0. The summed E-state index contributed by atoms with van der Waals surface area (Å²) in [6.07, 6.45) is 1.14. The fraction of sp³-hybridized carbons (Fsp3) is 0.533. The lowest BCUT2D eigenvalue weighted by Crippen LogP contribution is -2.31. The molecule has 0 aromatic heterocycles. The maximum atomic E-state index is 10.7. The van der Waals surface area contributed by atoms with Gasteiger partial charge in [-0.25, -0.2) is 0 Å². The molecule has 1 aromatic carbocycles. The van der Waals surface area contributed by atoms with Crippen LogP contribution in [0.15, 0.2) is 24.3 Å². The maximum absolute atomic E-state index is 10.7. The van der Waals surface area contributed by atoms with Crippen molar-refractivity contribution in [1.82, 2.24) is 4.90 Å². The third-order valence-electron chi connectivity index (χ3n) is 3.54. The molecule has 1 unspecified atom stereocenters. The highest BCUT2D eigenvalue weighted by molar-refractivity contribution is 5.75. The number of likely N-dealkylation sites (tertiary alicyclic amines) is 1. The van der Waals surface area contributed by atoms with E-state index < -0.39 is 5.91 Å². The van der Waals surface area contributed by atoms with Gasteiger partial charge in [0.25, 0.3) is 5.91 Å². The molecule has 1 heterocycles. The number of ether oxygens (including phenoxy) is 1. The number of amides is 1. The molecule has 0 saturated carbocycles. The Kier molecular flexibility index (Phi) is 4.84. The summed E-state index contributed by atoms with van der Waals surface area (Å²) in [5.41, 5.74) is 6.09. The van der Waals surface area contributed by atoms with E-state index in [0.717, 1.165) is 25.2 Å². The van der Waals surface area contributed by atoms with Gasteiger partial charge in [0.05, 0.1) is 0 Å². The van der Waals surface area contributed by atoms with Gasteiger partial charge in [-0.15, -0.1) is 0 Å². The first-order valence-corrected chi connectivity index (χ1v) is 7.06. The van der Waals surface area contributed by atoms with Gasteiger partial charge >= 0.3 is 0 Å².